The van der Waals surface area contributed by atoms with Gasteiger partial charge in [0.2, 0.25) is 0 Å². The van der Waals surface area contributed by atoms with Crippen molar-refractivity contribution >= 4 is 23.2 Å². The number of carbonyl (C=O) groups is 2. The summed E-state index contributed by atoms with van der Waals surface area (Å²) in [6.45, 7) is 1.75. The number of carbonyl (C=O) groups excluding carboxylic acids is 1. The van der Waals surface area contributed by atoms with Gasteiger partial charge in [0.25, 0.3) is 5.91 Å². The van der Waals surface area contributed by atoms with Crippen molar-refractivity contribution in [3.8, 4) is 10.6 Å². The van der Waals surface area contributed by atoms with Crippen LogP contribution in [-0.2, 0) is 4.79 Å². The lowest BCUT2D eigenvalue weighted by Crippen LogP contribution is -2.33. The number of benzene rings is 2. The largest absolute Gasteiger partial charge is 0.479 e. The quantitative estimate of drug-likeness (QED) is 0.734. The second kappa shape index (κ2) is 7.27. The molecule has 0 bridgehead atoms. The van der Waals surface area contributed by atoms with E-state index in [4.69, 9.17) is 0 Å². The molecule has 3 rings (SSSR count). The summed E-state index contributed by atoms with van der Waals surface area (Å²) >= 11 is 1.25. The number of aliphatic carboxylic acids is 1. The Balaban J connectivity index is 1.86. The van der Waals surface area contributed by atoms with Gasteiger partial charge in [-0.05, 0) is 12.5 Å². The molecule has 0 aliphatic carbocycles. The summed E-state index contributed by atoms with van der Waals surface area (Å²) in [5.41, 5.74) is 2.03. The molecule has 6 heteroatoms. The number of amides is 1. The molecule has 2 aromatic carbocycles. The van der Waals surface area contributed by atoms with Gasteiger partial charge in [0.15, 0.2) is 6.04 Å². The van der Waals surface area contributed by atoms with E-state index in [-0.39, 0.29) is 0 Å². The average molecular weight is 352 g/mol. The van der Waals surface area contributed by atoms with Gasteiger partial charge < -0.3 is 10.4 Å². The molecule has 126 valence electrons. The van der Waals surface area contributed by atoms with Crippen molar-refractivity contribution in [3.05, 3.63) is 76.8 Å². The number of aryl methyl sites for hydroxylation is 1. The second-order valence-corrected chi connectivity index (χ2v) is 6.45. The van der Waals surface area contributed by atoms with Crippen molar-refractivity contribution < 1.29 is 14.7 Å². The number of nitrogens with zero attached hydrogens (tertiary/aromatic N) is 1. The molecule has 0 saturated heterocycles. The van der Waals surface area contributed by atoms with E-state index in [0.717, 1.165) is 10.6 Å². The van der Waals surface area contributed by atoms with E-state index < -0.39 is 17.9 Å². The van der Waals surface area contributed by atoms with E-state index in [0.29, 0.717) is 16.1 Å². The van der Waals surface area contributed by atoms with Gasteiger partial charge >= 0.3 is 5.97 Å². The van der Waals surface area contributed by atoms with E-state index in [1.54, 1.807) is 37.3 Å². The van der Waals surface area contributed by atoms with Crippen molar-refractivity contribution in [3.63, 3.8) is 0 Å². The molecule has 3 aromatic rings. The number of hydrogen-bond acceptors (Lipinski definition) is 4. The number of aromatic nitrogens is 1. The molecule has 1 amide bonds. The molecule has 0 saturated carbocycles. The van der Waals surface area contributed by atoms with Crippen LogP contribution in [0.2, 0.25) is 0 Å². The Hall–Kier alpha value is -2.99. The first kappa shape index (κ1) is 16.9. The van der Waals surface area contributed by atoms with Crippen LogP contribution >= 0.6 is 11.3 Å². The summed E-state index contributed by atoms with van der Waals surface area (Å²) in [7, 11) is 0. The normalized spacial score (nSPS) is 11.7. The van der Waals surface area contributed by atoms with Crippen molar-refractivity contribution in [2.75, 3.05) is 0 Å². The molecule has 1 heterocycles. The van der Waals surface area contributed by atoms with Gasteiger partial charge in [-0.2, -0.15) is 0 Å². The maximum Gasteiger partial charge on any atom is 0.330 e. The van der Waals surface area contributed by atoms with Crippen LogP contribution in [-0.4, -0.2) is 22.0 Å². The lowest BCUT2D eigenvalue weighted by Gasteiger charge is -2.14. The van der Waals surface area contributed by atoms with Crippen LogP contribution < -0.4 is 5.32 Å². The van der Waals surface area contributed by atoms with Crippen LogP contribution in [0.5, 0.6) is 0 Å². The van der Waals surface area contributed by atoms with Gasteiger partial charge in [0.1, 0.15) is 9.88 Å². The maximum absolute atomic E-state index is 12.6. The standard InChI is InChI=1S/C19H16N2O3S/c1-12-16(25-18(20-12)14-10-6-3-7-11-14)17(22)21-15(19(23)24)13-8-4-2-5-9-13/h2-11,15H,1H3,(H,21,22)(H,23,24). The third-order valence-corrected chi connectivity index (χ3v) is 4.88. The Morgan fingerprint density at radius 3 is 2.24 bits per heavy atom. The summed E-state index contributed by atoms with van der Waals surface area (Å²) in [5, 5.41) is 12.8. The molecular weight excluding hydrogens is 336 g/mol. The zero-order valence-corrected chi connectivity index (χ0v) is 14.3. The summed E-state index contributed by atoms with van der Waals surface area (Å²) in [5.74, 6) is -1.54. The fraction of sp³-hybridized carbons (Fsp3) is 0.105. The average Bonchev–Trinajstić information content (AvgIpc) is 3.02. The highest BCUT2D eigenvalue weighted by Crippen LogP contribution is 2.28. The van der Waals surface area contributed by atoms with Crippen LogP contribution in [0.4, 0.5) is 0 Å². The molecule has 0 spiro atoms. The fourth-order valence-corrected chi connectivity index (χ4v) is 3.42. The molecule has 25 heavy (non-hydrogen) atoms. The van der Waals surface area contributed by atoms with E-state index in [2.05, 4.69) is 10.3 Å². The Bertz CT molecular complexity index is 892. The van der Waals surface area contributed by atoms with Crippen LogP contribution in [0.15, 0.2) is 60.7 Å². The molecule has 0 aliphatic heterocycles. The number of hydrogen-bond donors (Lipinski definition) is 2. The highest BCUT2D eigenvalue weighted by atomic mass is 32.1. The van der Waals surface area contributed by atoms with Gasteiger partial charge in [-0.1, -0.05) is 60.7 Å². The third kappa shape index (κ3) is 3.75. The van der Waals surface area contributed by atoms with Crippen LogP contribution in [0, 0.1) is 6.92 Å². The Morgan fingerprint density at radius 1 is 1.04 bits per heavy atom. The van der Waals surface area contributed by atoms with Crippen molar-refractivity contribution in [2.45, 2.75) is 13.0 Å². The first-order valence-electron chi connectivity index (χ1n) is 7.67. The molecule has 1 atom stereocenters. The minimum Gasteiger partial charge on any atom is -0.479 e. The SMILES string of the molecule is Cc1nc(-c2ccccc2)sc1C(=O)NC(C(=O)O)c1ccccc1. The lowest BCUT2D eigenvalue weighted by atomic mass is 10.1. The van der Waals surface area contributed by atoms with Crippen molar-refractivity contribution in [1.82, 2.24) is 10.3 Å². The molecule has 0 fully saturated rings. The monoisotopic (exact) mass is 352 g/mol. The Kier molecular flexibility index (Phi) is 4.90. The molecule has 1 aromatic heterocycles. The molecule has 0 radical (unpaired) electrons. The van der Waals surface area contributed by atoms with Crippen LogP contribution in [0.1, 0.15) is 27.0 Å². The predicted molar refractivity (Wildman–Crippen MR) is 96.6 cm³/mol. The summed E-state index contributed by atoms with van der Waals surface area (Å²) < 4.78 is 0. The van der Waals surface area contributed by atoms with E-state index in [1.807, 2.05) is 30.3 Å². The number of nitrogens with one attached hydrogen (secondary N) is 1. The topological polar surface area (TPSA) is 79.3 Å². The van der Waals surface area contributed by atoms with E-state index >= 15 is 0 Å². The zero-order valence-electron chi connectivity index (χ0n) is 13.5. The van der Waals surface area contributed by atoms with Gasteiger partial charge in [-0.15, -0.1) is 11.3 Å². The molecule has 0 aliphatic rings. The first-order valence-corrected chi connectivity index (χ1v) is 8.49. The van der Waals surface area contributed by atoms with Crippen LogP contribution in [0.3, 0.4) is 0 Å². The summed E-state index contributed by atoms with van der Waals surface area (Å²) in [4.78, 5) is 29.0. The Morgan fingerprint density at radius 2 is 1.64 bits per heavy atom. The summed E-state index contributed by atoms with van der Waals surface area (Å²) in [6.07, 6.45) is 0. The fourth-order valence-electron chi connectivity index (χ4n) is 2.44. The lowest BCUT2D eigenvalue weighted by molar-refractivity contribution is -0.139. The minimum absolute atomic E-state index is 0.418. The third-order valence-electron chi connectivity index (χ3n) is 3.68. The smallest absolute Gasteiger partial charge is 0.330 e. The molecule has 5 nitrogen and oxygen atoms in total. The second-order valence-electron chi connectivity index (χ2n) is 5.45. The van der Waals surface area contributed by atoms with E-state index in [9.17, 15) is 14.7 Å². The predicted octanol–water partition coefficient (Wildman–Crippen LogP) is 3.67. The zero-order chi connectivity index (χ0) is 17.8. The van der Waals surface area contributed by atoms with Gasteiger partial charge in [0, 0.05) is 5.56 Å². The van der Waals surface area contributed by atoms with Gasteiger partial charge in [0.05, 0.1) is 5.69 Å². The molecule has 2 N–H and O–H groups in total. The van der Waals surface area contributed by atoms with Crippen molar-refractivity contribution in [2.24, 2.45) is 0 Å². The van der Waals surface area contributed by atoms with Gasteiger partial charge in [-0.25, -0.2) is 9.78 Å². The number of carboxylic acid groups (broad SMARTS) is 1. The molecular formula is C19H16N2O3S. The minimum atomic E-state index is -1.11. The number of thiazole rings is 1. The van der Waals surface area contributed by atoms with Crippen molar-refractivity contribution in [1.29, 1.82) is 0 Å². The highest BCUT2D eigenvalue weighted by molar-refractivity contribution is 7.17. The van der Waals surface area contributed by atoms with Crippen LogP contribution in [0.25, 0.3) is 10.6 Å². The summed E-state index contributed by atoms with van der Waals surface area (Å²) in [6, 6.07) is 17.1. The molecule has 1 unspecified atom stereocenters. The maximum atomic E-state index is 12.6. The number of carboxylic acids is 1. The van der Waals surface area contributed by atoms with Gasteiger partial charge in [-0.3, -0.25) is 4.79 Å². The highest BCUT2D eigenvalue weighted by Gasteiger charge is 2.25. The first-order chi connectivity index (χ1) is 12.1. The number of rotatable bonds is 5. The van der Waals surface area contributed by atoms with E-state index in [1.165, 1.54) is 11.3 Å². The Labute approximate surface area is 149 Å².